The highest BCUT2D eigenvalue weighted by molar-refractivity contribution is 6.03. The summed E-state index contributed by atoms with van der Waals surface area (Å²) in [7, 11) is 2.14. The van der Waals surface area contributed by atoms with Gasteiger partial charge in [-0.3, -0.25) is 4.98 Å². The van der Waals surface area contributed by atoms with Crippen molar-refractivity contribution in [3.05, 3.63) is 23.0 Å². The summed E-state index contributed by atoms with van der Waals surface area (Å²) in [4.78, 5) is 9.06. The second-order valence-electron chi connectivity index (χ2n) is 5.37. The van der Waals surface area contributed by atoms with Gasteiger partial charge in [-0.15, -0.1) is 0 Å². The lowest BCUT2D eigenvalue weighted by molar-refractivity contribution is 0.318. The largest absolute Gasteiger partial charge is 0.409 e. The normalized spacial score (nSPS) is 18.1. The lowest BCUT2D eigenvalue weighted by Crippen LogP contribution is -2.31. The van der Waals surface area contributed by atoms with Crippen molar-refractivity contribution in [1.82, 2.24) is 9.88 Å². The third-order valence-corrected chi connectivity index (χ3v) is 3.73. The van der Waals surface area contributed by atoms with Crippen LogP contribution in [-0.4, -0.2) is 54.2 Å². The van der Waals surface area contributed by atoms with Crippen molar-refractivity contribution < 1.29 is 5.21 Å². The zero-order valence-corrected chi connectivity index (χ0v) is 12.4. The van der Waals surface area contributed by atoms with Gasteiger partial charge in [0, 0.05) is 25.3 Å². The van der Waals surface area contributed by atoms with Gasteiger partial charge in [0.2, 0.25) is 0 Å². The number of nitrogens with zero attached hydrogens (tertiary/aromatic N) is 4. The molecule has 1 aromatic heterocycles. The molecule has 3 N–H and O–H groups in total. The van der Waals surface area contributed by atoms with Crippen LogP contribution in [0.5, 0.6) is 0 Å². The summed E-state index contributed by atoms with van der Waals surface area (Å²) in [5.41, 5.74) is 9.34. The quantitative estimate of drug-likeness (QED) is 0.364. The van der Waals surface area contributed by atoms with Crippen molar-refractivity contribution in [2.24, 2.45) is 10.9 Å². The highest BCUT2D eigenvalue weighted by Crippen LogP contribution is 2.25. The second-order valence-corrected chi connectivity index (χ2v) is 5.37. The molecule has 1 aromatic rings. The van der Waals surface area contributed by atoms with Gasteiger partial charge < -0.3 is 20.7 Å². The molecule has 6 nitrogen and oxygen atoms in total. The minimum absolute atomic E-state index is 0.127. The number of nitrogens with two attached hydrogens (primary N) is 1. The molecule has 2 rings (SSSR count). The van der Waals surface area contributed by atoms with Gasteiger partial charge in [-0.2, -0.15) is 0 Å². The van der Waals surface area contributed by atoms with Gasteiger partial charge in [-0.1, -0.05) is 5.16 Å². The molecule has 0 saturated carbocycles. The molecule has 0 radical (unpaired) electrons. The van der Waals surface area contributed by atoms with Crippen LogP contribution in [0, 0.1) is 13.8 Å². The van der Waals surface area contributed by atoms with E-state index in [4.69, 9.17) is 10.9 Å². The van der Waals surface area contributed by atoms with Crippen molar-refractivity contribution >= 4 is 11.5 Å². The number of aryl methyl sites for hydroxylation is 2. The van der Waals surface area contributed by atoms with Crippen molar-refractivity contribution in [1.29, 1.82) is 0 Å². The average molecular weight is 277 g/mol. The molecule has 1 saturated heterocycles. The van der Waals surface area contributed by atoms with Crippen LogP contribution in [0.25, 0.3) is 0 Å². The van der Waals surface area contributed by atoms with Gasteiger partial charge in [0.1, 0.15) is 0 Å². The molecule has 0 aromatic carbocycles. The van der Waals surface area contributed by atoms with Crippen LogP contribution >= 0.6 is 0 Å². The van der Waals surface area contributed by atoms with E-state index in [9.17, 15) is 0 Å². The number of likely N-dealkylation sites (N-methyl/N-ethyl adjacent to an activating group) is 1. The Bertz CT molecular complexity index is 515. The van der Waals surface area contributed by atoms with Crippen molar-refractivity contribution in [2.45, 2.75) is 20.3 Å². The van der Waals surface area contributed by atoms with Crippen LogP contribution in [0.1, 0.15) is 23.4 Å². The van der Waals surface area contributed by atoms with Gasteiger partial charge in [0.25, 0.3) is 0 Å². The first-order chi connectivity index (χ1) is 9.52. The molecule has 0 aliphatic carbocycles. The summed E-state index contributed by atoms with van der Waals surface area (Å²) >= 11 is 0. The van der Waals surface area contributed by atoms with Gasteiger partial charge in [0.05, 0.1) is 16.9 Å². The molecule has 20 heavy (non-hydrogen) atoms. The Morgan fingerprint density at radius 2 is 2.05 bits per heavy atom. The molecule has 1 fully saturated rings. The first-order valence-corrected chi connectivity index (χ1v) is 6.92. The third kappa shape index (κ3) is 3.01. The molecule has 0 spiro atoms. The van der Waals surface area contributed by atoms with Gasteiger partial charge in [0.15, 0.2) is 5.84 Å². The molecule has 0 bridgehead atoms. The summed E-state index contributed by atoms with van der Waals surface area (Å²) in [5, 5.41) is 12.2. The lowest BCUT2D eigenvalue weighted by atomic mass is 10.1. The van der Waals surface area contributed by atoms with Gasteiger partial charge in [-0.25, -0.2) is 0 Å². The van der Waals surface area contributed by atoms with E-state index in [0.717, 1.165) is 55.2 Å². The average Bonchev–Trinajstić information content (AvgIpc) is 2.62. The lowest BCUT2D eigenvalue weighted by Gasteiger charge is -2.26. The molecule has 110 valence electrons. The number of anilines is 1. The number of aromatic nitrogens is 1. The maximum absolute atomic E-state index is 9.01. The fourth-order valence-corrected chi connectivity index (χ4v) is 2.71. The number of oxime groups is 1. The van der Waals surface area contributed by atoms with E-state index in [1.54, 1.807) is 0 Å². The van der Waals surface area contributed by atoms with Crippen LogP contribution < -0.4 is 10.6 Å². The minimum atomic E-state index is 0.127. The molecule has 1 aliphatic rings. The van der Waals surface area contributed by atoms with Crippen LogP contribution in [0.2, 0.25) is 0 Å². The number of hydrogen-bond donors (Lipinski definition) is 2. The topological polar surface area (TPSA) is 78.0 Å². The molecule has 1 aliphatic heterocycles. The number of hydrogen-bond acceptors (Lipinski definition) is 5. The Morgan fingerprint density at radius 3 is 2.75 bits per heavy atom. The van der Waals surface area contributed by atoms with E-state index in [1.165, 1.54) is 0 Å². The summed E-state index contributed by atoms with van der Waals surface area (Å²) in [6, 6.07) is 2.02. The standard InChI is InChI=1S/C14H23N5O/c1-10-9-12(13(11(2)16-10)14(15)17-20)19-6-4-5-18(3)7-8-19/h9,20H,4-8H2,1-3H3,(H2,15,17). The van der Waals surface area contributed by atoms with E-state index in [2.05, 4.69) is 27.0 Å². The molecule has 2 heterocycles. The summed E-state index contributed by atoms with van der Waals surface area (Å²) < 4.78 is 0. The molecule has 0 unspecified atom stereocenters. The second kappa shape index (κ2) is 6.09. The van der Waals surface area contributed by atoms with Crippen molar-refractivity contribution in [3.8, 4) is 0 Å². The van der Waals surface area contributed by atoms with E-state index in [-0.39, 0.29) is 5.84 Å². The Kier molecular flexibility index (Phi) is 4.44. The molecule has 0 amide bonds. The van der Waals surface area contributed by atoms with Crippen LogP contribution in [-0.2, 0) is 0 Å². The van der Waals surface area contributed by atoms with Crippen LogP contribution in [0.15, 0.2) is 11.2 Å². The SMILES string of the molecule is Cc1cc(N2CCCN(C)CC2)c(/C(N)=N/O)c(C)n1. The minimum Gasteiger partial charge on any atom is -0.409 e. The molecular formula is C14H23N5O. The Balaban J connectivity index is 2.43. The van der Waals surface area contributed by atoms with E-state index < -0.39 is 0 Å². The fraction of sp³-hybridized carbons (Fsp3) is 0.571. The number of pyridine rings is 1. The Morgan fingerprint density at radius 1 is 1.30 bits per heavy atom. The number of amidine groups is 1. The summed E-state index contributed by atoms with van der Waals surface area (Å²) in [6.45, 7) is 7.88. The monoisotopic (exact) mass is 277 g/mol. The predicted molar refractivity (Wildman–Crippen MR) is 80.5 cm³/mol. The number of rotatable bonds is 2. The Hall–Kier alpha value is -1.82. The fourth-order valence-electron chi connectivity index (χ4n) is 2.71. The third-order valence-electron chi connectivity index (χ3n) is 3.73. The van der Waals surface area contributed by atoms with Crippen molar-refractivity contribution in [3.63, 3.8) is 0 Å². The zero-order valence-electron chi connectivity index (χ0n) is 12.4. The summed E-state index contributed by atoms with van der Waals surface area (Å²) in [6.07, 6.45) is 1.10. The zero-order chi connectivity index (χ0) is 14.7. The highest BCUT2D eigenvalue weighted by Gasteiger charge is 2.20. The smallest absolute Gasteiger partial charge is 0.174 e. The van der Waals surface area contributed by atoms with Gasteiger partial charge >= 0.3 is 0 Å². The summed E-state index contributed by atoms with van der Waals surface area (Å²) in [5.74, 6) is 0.127. The van der Waals surface area contributed by atoms with E-state index in [0.29, 0.717) is 0 Å². The maximum atomic E-state index is 9.01. The molecule has 0 atom stereocenters. The molecule has 6 heteroatoms. The van der Waals surface area contributed by atoms with Crippen LogP contribution in [0.3, 0.4) is 0 Å². The predicted octanol–water partition coefficient (Wildman–Crippen LogP) is 0.935. The van der Waals surface area contributed by atoms with E-state index >= 15 is 0 Å². The first-order valence-electron chi connectivity index (χ1n) is 6.92. The highest BCUT2D eigenvalue weighted by atomic mass is 16.4. The Labute approximate surface area is 119 Å². The van der Waals surface area contributed by atoms with Crippen LogP contribution in [0.4, 0.5) is 5.69 Å². The van der Waals surface area contributed by atoms with Gasteiger partial charge in [-0.05, 0) is 39.9 Å². The first kappa shape index (κ1) is 14.6. The molecular weight excluding hydrogens is 254 g/mol. The van der Waals surface area contributed by atoms with Crippen molar-refractivity contribution in [2.75, 3.05) is 38.1 Å². The van der Waals surface area contributed by atoms with E-state index in [1.807, 2.05) is 19.9 Å². The maximum Gasteiger partial charge on any atom is 0.174 e.